The monoisotopic (exact) mass is 603 g/mol. The summed E-state index contributed by atoms with van der Waals surface area (Å²) < 4.78 is 35.0. The minimum atomic E-state index is -4.22. The third-order valence-electron chi connectivity index (χ3n) is 6.29. The summed E-state index contributed by atoms with van der Waals surface area (Å²) in [6, 6.07) is 19.3. The van der Waals surface area contributed by atoms with Crippen LogP contribution in [0.5, 0.6) is 5.75 Å². The Balaban J connectivity index is 2.12. The summed E-state index contributed by atoms with van der Waals surface area (Å²) in [5, 5.41) is 3.05. The molecule has 8 nitrogen and oxygen atoms in total. The fourth-order valence-corrected chi connectivity index (χ4v) is 6.25. The number of likely N-dealkylation sites (N-methyl/N-ethyl adjacent to an activating group) is 1. The van der Waals surface area contributed by atoms with Gasteiger partial charge in [0, 0.05) is 23.5 Å². The maximum Gasteiger partial charge on any atom is 0.264 e. The van der Waals surface area contributed by atoms with Gasteiger partial charge in [0.05, 0.1) is 17.2 Å². The molecule has 11 heteroatoms. The predicted octanol–water partition coefficient (Wildman–Crippen LogP) is 5.21. The molecule has 0 bridgehead atoms. The van der Waals surface area contributed by atoms with E-state index in [4.69, 9.17) is 16.3 Å². The molecule has 3 rings (SSSR count). The van der Waals surface area contributed by atoms with Crippen molar-refractivity contribution in [2.45, 2.75) is 42.6 Å². The Morgan fingerprint density at radius 1 is 1.00 bits per heavy atom. The fourth-order valence-electron chi connectivity index (χ4n) is 4.23. The molecule has 40 heavy (non-hydrogen) atoms. The number of para-hydroxylation sites is 2. The first-order valence-corrected chi connectivity index (χ1v) is 15.8. The molecular weight excluding hydrogens is 570 g/mol. The number of carbonyl (C=O) groups excluding carboxylic acids is 2. The van der Waals surface area contributed by atoms with Gasteiger partial charge in [-0.15, -0.1) is 11.8 Å². The summed E-state index contributed by atoms with van der Waals surface area (Å²) in [4.78, 5) is 29.2. The Labute approximate surface area is 245 Å². The Morgan fingerprint density at radius 2 is 1.65 bits per heavy atom. The van der Waals surface area contributed by atoms with Crippen molar-refractivity contribution >= 4 is 50.9 Å². The van der Waals surface area contributed by atoms with Gasteiger partial charge in [0.25, 0.3) is 10.0 Å². The van der Waals surface area contributed by atoms with Gasteiger partial charge in [-0.2, -0.15) is 0 Å². The van der Waals surface area contributed by atoms with Crippen LogP contribution in [-0.2, 0) is 26.2 Å². The van der Waals surface area contributed by atoms with E-state index in [0.29, 0.717) is 29.4 Å². The van der Waals surface area contributed by atoms with Crippen LogP contribution in [0, 0.1) is 0 Å². The van der Waals surface area contributed by atoms with Crippen molar-refractivity contribution in [3.63, 3.8) is 0 Å². The summed E-state index contributed by atoms with van der Waals surface area (Å²) in [5.74, 6) is -0.608. The minimum absolute atomic E-state index is 0.0217. The molecule has 0 heterocycles. The van der Waals surface area contributed by atoms with E-state index >= 15 is 0 Å². The number of thioether (sulfide) groups is 1. The van der Waals surface area contributed by atoms with Gasteiger partial charge < -0.3 is 15.0 Å². The van der Waals surface area contributed by atoms with E-state index in [-0.39, 0.29) is 23.0 Å². The van der Waals surface area contributed by atoms with Crippen LogP contribution in [0.15, 0.2) is 82.6 Å². The SMILES string of the molecule is CCOc1ccccc1N(CC(=O)N(Cc1ccccc1Cl)[C@@H](CC)C(=O)NC)S(=O)(=O)c1ccc(SC)cc1. The number of nitrogens with zero attached hydrogens (tertiary/aromatic N) is 2. The number of benzene rings is 3. The van der Waals surface area contributed by atoms with Gasteiger partial charge in [-0.3, -0.25) is 13.9 Å². The van der Waals surface area contributed by atoms with Crippen molar-refractivity contribution in [2.75, 3.05) is 30.8 Å². The van der Waals surface area contributed by atoms with Crippen LogP contribution in [0.3, 0.4) is 0 Å². The molecular formula is C29H34ClN3O5S2. The molecule has 2 amide bonds. The molecule has 1 atom stereocenters. The van der Waals surface area contributed by atoms with E-state index in [0.717, 1.165) is 9.20 Å². The molecule has 0 aliphatic carbocycles. The minimum Gasteiger partial charge on any atom is -0.492 e. The van der Waals surface area contributed by atoms with Crippen molar-refractivity contribution in [1.29, 1.82) is 0 Å². The largest absolute Gasteiger partial charge is 0.492 e. The number of halogens is 1. The molecule has 3 aromatic rings. The number of rotatable bonds is 13. The molecule has 0 saturated carbocycles. The van der Waals surface area contributed by atoms with Crippen molar-refractivity contribution in [2.24, 2.45) is 0 Å². The zero-order chi connectivity index (χ0) is 29.3. The number of amides is 2. The average molecular weight is 604 g/mol. The first-order valence-electron chi connectivity index (χ1n) is 12.8. The highest BCUT2D eigenvalue weighted by Gasteiger charge is 2.34. The zero-order valence-electron chi connectivity index (χ0n) is 23.0. The lowest BCUT2D eigenvalue weighted by Crippen LogP contribution is -2.51. The van der Waals surface area contributed by atoms with Gasteiger partial charge in [0.2, 0.25) is 11.8 Å². The van der Waals surface area contributed by atoms with E-state index in [9.17, 15) is 18.0 Å². The van der Waals surface area contributed by atoms with Gasteiger partial charge >= 0.3 is 0 Å². The second kappa shape index (κ2) is 14.4. The molecule has 0 saturated heterocycles. The summed E-state index contributed by atoms with van der Waals surface area (Å²) in [5.41, 5.74) is 0.856. The first-order chi connectivity index (χ1) is 19.2. The van der Waals surface area contributed by atoms with Gasteiger partial charge in [0.15, 0.2) is 0 Å². The van der Waals surface area contributed by atoms with E-state index in [1.165, 1.54) is 35.8 Å². The topological polar surface area (TPSA) is 96.0 Å². The molecule has 0 fully saturated rings. The molecule has 3 aromatic carbocycles. The highest BCUT2D eigenvalue weighted by Crippen LogP contribution is 2.33. The van der Waals surface area contributed by atoms with Crippen molar-refractivity contribution in [3.05, 3.63) is 83.4 Å². The van der Waals surface area contributed by atoms with Crippen LogP contribution in [-0.4, -0.2) is 57.6 Å². The number of ether oxygens (including phenoxy) is 1. The van der Waals surface area contributed by atoms with Crippen LogP contribution in [0.4, 0.5) is 5.69 Å². The number of hydrogen-bond acceptors (Lipinski definition) is 6. The normalized spacial score (nSPS) is 11.9. The second-order valence-corrected chi connectivity index (χ2v) is 11.9. The quantitative estimate of drug-likeness (QED) is 0.270. The van der Waals surface area contributed by atoms with Crippen molar-refractivity contribution < 1.29 is 22.7 Å². The lowest BCUT2D eigenvalue weighted by Gasteiger charge is -2.33. The van der Waals surface area contributed by atoms with Crippen LogP contribution in [0.2, 0.25) is 5.02 Å². The highest BCUT2D eigenvalue weighted by molar-refractivity contribution is 7.98. The van der Waals surface area contributed by atoms with E-state index < -0.39 is 28.5 Å². The lowest BCUT2D eigenvalue weighted by atomic mass is 10.1. The number of hydrogen-bond donors (Lipinski definition) is 1. The van der Waals surface area contributed by atoms with Crippen LogP contribution >= 0.6 is 23.4 Å². The maximum absolute atomic E-state index is 14.1. The average Bonchev–Trinajstić information content (AvgIpc) is 2.97. The van der Waals surface area contributed by atoms with E-state index in [1.54, 1.807) is 74.5 Å². The molecule has 0 spiro atoms. The van der Waals surface area contributed by atoms with Crippen molar-refractivity contribution in [3.8, 4) is 5.75 Å². The number of anilines is 1. The van der Waals surface area contributed by atoms with Gasteiger partial charge in [-0.05, 0) is 67.6 Å². The van der Waals surface area contributed by atoms with Gasteiger partial charge in [0.1, 0.15) is 18.3 Å². The smallest absolute Gasteiger partial charge is 0.264 e. The van der Waals surface area contributed by atoms with Gasteiger partial charge in [-0.1, -0.05) is 48.9 Å². The predicted molar refractivity (Wildman–Crippen MR) is 161 cm³/mol. The molecule has 1 N–H and O–H groups in total. The summed E-state index contributed by atoms with van der Waals surface area (Å²) in [6.07, 6.45) is 2.21. The standard InChI is InChI=1S/C29H34ClN3O5S2/c1-5-25(29(35)31-3)32(19-21-11-7-8-12-24(21)30)28(34)20-33(26-13-9-10-14-27(26)38-6-2)40(36,37)23-17-15-22(39-4)16-18-23/h7-18,25H,5-6,19-20H2,1-4H3,(H,31,35)/t25-/m0/s1. The van der Waals surface area contributed by atoms with Crippen LogP contribution in [0.1, 0.15) is 25.8 Å². The molecule has 0 aromatic heterocycles. The molecule has 0 aliphatic rings. The number of sulfonamides is 1. The van der Waals surface area contributed by atoms with Gasteiger partial charge in [-0.25, -0.2) is 8.42 Å². The molecule has 0 radical (unpaired) electrons. The first kappa shape index (κ1) is 31.3. The summed E-state index contributed by atoms with van der Waals surface area (Å²) in [6.45, 7) is 3.35. The molecule has 0 aliphatic heterocycles. The third kappa shape index (κ3) is 7.30. The summed E-state index contributed by atoms with van der Waals surface area (Å²) in [7, 11) is -2.72. The Morgan fingerprint density at radius 3 is 2.25 bits per heavy atom. The Kier molecular flexibility index (Phi) is 11.3. The highest BCUT2D eigenvalue weighted by atomic mass is 35.5. The van der Waals surface area contributed by atoms with Crippen molar-refractivity contribution in [1.82, 2.24) is 10.2 Å². The summed E-state index contributed by atoms with van der Waals surface area (Å²) >= 11 is 7.90. The molecule has 214 valence electrons. The van der Waals surface area contributed by atoms with E-state index in [1.807, 2.05) is 6.26 Å². The molecule has 0 unspecified atom stereocenters. The second-order valence-electron chi connectivity index (χ2n) is 8.74. The van der Waals surface area contributed by atoms with Crippen LogP contribution in [0.25, 0.3) is 0 Å². The maximum atomic E-state index is 14.1. The Hall–Kier alpha value is -3.21. The van der Waals surface area contributed by atoms with E-state index in [2.05, 4.69) is 5.32 Å². The fraction of sp³-hybridized carbons (Fsp3) is 0.310. The third-order valence-corrected chi connectivity index (χ3v) is 9.18. The zero-order valence-corrected chi connectivity index (χ0v) is 25.4. The lowest BCUT2D eigenvalue weighted by molar-refractivity contribution is -0.140. The number of carbonyl (C=O) groups is 2. The number of nitrogens with one attached hydrogen (secondary N) is 1. The Bertz CT molecular complexity index is 1420. The van der Waals surface area contributed by atoms with Crippen LogP contribution < -0.4 is 14.4 Å².